The molecule has 0 aliphatic heterocycles. The van der Waals surface area contributed by atoms with E-state index in [2.05, 4.69) is 17.3 Å². The minimum absolute atomic E-state index is 0.0157. The van der Waals surface area contributed by atoms with Crippen molar-refractivity contribution >= 4 is 22.8 Å². The van der Waals surface area contributed by atoms with Gasteiger partial charge in [-0.25, -0.2) is 4.79 Å². The van der Waals surface area contributed by atoms with Crippen molar-refractivity contribution in [3.63, 3.8) is 0 Å². The van der Waals surface area contributed by atoms with Crippen LogP contribution >= 0.6 is 0 Å². The number of hydrogen-bond donors (Lipinski definition) is 2. The molecule has 2 aromatic rings. The van der Waals surface area contributed by atoms with Gasteiger partial charge in [0.25, 0.3) is 0 Å². The van der Waals surface area contributed by atoms with E-state index in [1.165, 1.54) is 4.68 Å². The third kappa shape index (κ3) is 3.39. The van der Waals surface area contributed by atoms with Crippen LogP contribution in [0.3, 0.4) is 0 Å². The van der Waals surface area contributed by atoms with E-state index in [-0.39, 0.29) is 24.2 Å². The first kappa shape index (κ1) is 15.0. The summed E-state index contributed by atoms with van der Waals surface area (Å²) in [5.74, 6) is -1.26. The van der Waals surface area contributed by atoms with Crippen LogP contribution in [0.5, 0.6) is 0 Å². The van der Waals surface area contributed by atoms with Crippen LogP contribution < -0.4 is 5.32 Å². The summed E-state index contributed by atoms with van der Waals surface area (Å²) in [6, 6.07) is 7.11. The molecule has 0 saturated heterocycles. The zero-order valence-corrected chi connectivity index (χ0v) is 12.2. The molecule has 1 heterocycles. The molecule has 1 aromatic heterocycles. The van der Waals surface area contributed by atoms with Crippen molar-refractivity contribution in [2.75, 3.05) is 0 Å². The minimum atomic E-state index is -1.09. The average Bonchev–Trinajstić information content (AvgIpc) is 2.78. The molecule has 0 bridgehead atoms. The molecule has 21 heavy (non-hydrogen) atoms. The van der Waals surface area contributed by atoms with Gasteiger partial charge in [0.1, 0.15) is 6.54 Å². The second-order valence-corrected chi connectivity index (χ2v) is 5.09. The van der Waals surface area contributed by atoms with Crippen LogP contribution in [0, 0.1) is 0 Å². The molecule has 1 unspecified atom stereocenters. The molecule has 6 heteroatoms. The molecule has 0 saturated carbocycles. The second-order valence-electron chi connectivity index (χ2n) is 5.09. The van der Waals surface area contributed by atoms with Crippen LogP contribution in [0.4, 0.5) is 0 Å². The highest BCUT2D eigenvalue weighted by Gasteiger charge is 2.17. The van der Waals surface area contributed by atoms with Crippen LogP contribution in [0.25, 0.3) is 10.9 Å². The normalized spacial score (nSPS) is 12.3. The molecule has 0 radical (unpaired) electrons. The van der Waals surface area contributed by atoms with Crippen molar-refractivity contribution in [2.24, 2.45) is 0 Å². The van der Waals surface area contributed by atoms with E-state index in [9.17, 15) is 9.59 Å². The third-order valence-corrected chi connectivity index (χ3v) is 3.28. The van der Waals surface area contributed by atoms with Crippen LogP contribution in [0.2, 0.25) is 0 Å². The summed E-state index contributed by atoms with van der Waals surface area (Å²) in [6.45, 7) is 4.02. The molecule has 2 N–H and O–H groups in total. The van der Waals surface area contributed by atoms with Crippen LogP contribution in [-0.4, -0.2) is 32.8 Å². The van der Waals surface area contributed by atoms with Crippen molar-refractivity contribution < 1.29 is 14.7 Å². The highest BCUT2D eigenvalue weighted by molar-refractivity contribution is 6.01. The topological polar surface area (TPSA) is 84.2 Å². The summed E-state index contributed by atoms with van der Waals surface area (Å²) < 4.78 is 1.44. The quantitative estimate of drug-likeness (QED) is 0.852. The molecule has 1 atom stereocenters. The Bertz CT molecular complexity index is 663. The number of benzene rings is 1. The Hall–Kier alpha value is -2.37. The van der Waals surface area contributed by atoms with Crippen molar-refractivity contribution in [3.05, 3.63) is 30.0 Å². The lowest BCUT2D eigenvalue weighted by atomic mass is 10.2. The van der Waals surface area contributed by atoms with Gasteiger partial charge in [0, 0.05) is 11.4 Å². The number of carboxylic acid groups (broad SMARTS) is 1. The number of carbonyl (C=O) groups is 2. The Kier molecular flexibility index (Phi) is 4.57. The number of carboxylic acids is 1. The van der Waals surface area contributed by atoms with Gasteiger partial charge in [0.15, 0.2) is 5.69 Å². The lowest BCUT2D eigenvalue weighted by molar-refractivity contribution is -0.122. The van der Waals surface area contributed by atoms with E-state index < -0.39 is 5.97 Å². The van der Waals surface area contributed by atoms with Gasteiger partial charge >= 0.3 is 5.97 Å². The Morgan fingerprint density at radius 2 is 2.10 bits per heavy atom. The molecule has 1 aromatic carbocycles. The number of aromatic nitrogens is 2. The summed E-state index contributed by atoms with van der Waals surface area (Å²) in [7, 11) is 0. The molecule has 0 aliphatic carbocycles. The number of amides is 1. The smallest absolute Gasteiger partial charge is 0.357 e. The largest absolute Gasteiger partial charge is 0.476 e. The standard InChI is InChI=1S/C15H19N3O3/c1-3-6-10(2)16-13(19)9-18-12-8-5-4-7-11(12)14(17-18)15(20)21/h4-5,7-8,10H,3,6,9H2,1-2H3,(H,16,19)(H,20,21). The zero-order chi connectivity index (χ0) is 15.4. The van der Waals surface area contributed by atoms with E-state index in [0.29, 0.717) is 10.9 Å². The van der Waals surface area contributed by atoms with E-state index in [1.807, 2.05) is 6.92 Å². The predicted molar refractivity (Wildman–Crippen MR) is 79.2 cm³/mol. The number of nitrogens with one attached hydrogen (secondary N) is 1. The second kappa shape index (κ2) is 6.39. The minimum Gasteiger partial charge on any atom is -0.476 e. The lowest BCUT2D eigenvalue weighted by Gasteiger charge is -2.12. The summed E-state index contributed by atoms with van der Waals surface area (Å²) in [5, 5.41) is 16.6. The third-order valence-electron chi connectivity index (χ3n) is 3.28. The Labute approximate surface area is 122 Å². The maximum absolute atomic E-state index is 12.0. The molecular formula is C15H19N3O3. The van der Waals surface area contributed by atoms with E-state index >= 15 is 0 Å². The van der Waals surface area contributed by atoms with Crippen molar-refractivity contribution in [1.29, 1.82) is 0 Å². The maximum atomic E-state index is 12.0. The lowest BCUT2D eigenvalue weighted by Crippen LogP contribution is -2.35. The first-order valence-electron chi connectivity index (χ1n) is 7.01. The number of rotatable bonds is 6. The maximum Gasteiger partial charge on any atom is 0.357 e. The number of carbonyl (C=O) groups excluding carboxylic acids is 1. The molecule has 2 rings (SSSR count). The molecule has 0 fully saturated rings. The number of aromatic carboxylic acids is 1. The van der Waals surface area contributed by atoms with Gasteiger partial charge in [0.2, 0.25) is 5.91 Å². The monoisotopic (exact) mass is 289 g/mol. The van der Waals surface area contributed by atoms with Crippen LogP contribution in [0.15, 0.2) is 24.3 Å². The van der Waals surface area contributed by atoms with Gasteiger partial charge < -0.3 is 10.4 Å². The number of fused-ring (bicyclic) bond motifs is 1. The Morgan fingerprint density at radius 3 is 2.76 bits per heavy atom. The van der Waals surface area contributed by atoms with Crippen molar-refractivity contribution in [1.82, 2.24) is 15.1 Å². The van der Waals surface area contributed by atoms with Gasteiger partial charge in [-0.1, -0.05) is 31.5 Å². The molecule has 1 amide bonds. The van der Waals surface area contributed by atoms with E-state index in [4.69, 9.17) is 5.11 Å². The fraction of sp³-hybridized carbons (Fsp3) is 0.400. The highest BCUT2D eigenvalue weighted by Crippen LogP contribution is 2.18. The first-order chi connectivity index (χ1) is 10.0. The van der Waals surface area contributed by atoms with Gasteiger partial charge in [-0.15, -0.1) is 0 Å². The van der Waals surface area contributed by atoms with Crippen molar-refractivity contribution in [2.45, 2.75) is 39.3 Å². The SMILES string of the molecule is CCCC(C)NC(=O)Cn1nc(C(=O)O)c2ccccc21. The molecule has 0 aliphatic rings. The summed E-state index contributed by atoms with van der Waals surface area (Å²) in [5.41, 5.74) is 0.619. The predicted octanol–water partition coefficient (Wildman–Crippen LogP) is 2.04. The fourth-order valence-corrected chi connectivity index (χ4v) is 2.37. The first-order valence-corrected chi connectivity index (χ1v) is 7.01. The number of para-hydroxylation sites is 1. The average molecular weight is 289 g/mol. The van der Waals surface area contributed by atoms with Crippen LogP contribution in [0.1, 0.15) is 37.2 Å². The van der Waals surface area contributed by atoms with Gasteiger partial charge in [-0.2, -0.15) is 5.10 Å². The summed E-state index contributed by atoms with van der Waals surface area (Å²) >= 11 is 0. The fourth-order valence-electron chi connectivity index (χ4n) is 2.37. The Balaban J connectivity index is 2.22. The molecule has 0 spiro atoms. The number of nitrogens with zero attached hydrogens (tertiary/aromatic N) is 2. The van der Waals surface area contributed by atoms with E-state index in [1.54, 1.807) is 24.3 Å². The summed E-state index contributed by atoms with van der Waals surface area (Å²) in [6.07, 6.45) is 1.90. The molecular weight excluding hydrogens is 270 g/mol. The Morgan fingerprint density at radius 1 is 1.38 bits per heavy atom. The van der Waals surface area contributed by atoms with Gasteiger partial charge in [0.05, 0.1) is 5.52 Å². The highest BCUT2D eigenvalue weighted by atomic mass is 16.4. The number of hydrogen-bond acceptors (Lipinski definition) is 3. The van der Waals surface area contributed by atoms with Gasteiger partial charge in [-0.3, -0.25) is 9.48 Å². The van der Waals surface area contributed by atoms with Crippen LogP contribution in [-0.2, 0) is 11.3 Å². The molecule has 112 valence electrons. The van der Waals surface area contributed by atoms with E-state index in [0.717, 1.165) is 12.8 Å². The van der Waals surface area contributed by atoms with Gasteiger partial charge in [-0.05, 0) is 19.4 Å². The summed E-state index contributed by atoms with van der Waals surface area (Å²) in [4.78, 5) is 23.2. The molecule has 6 nitrogen and oxygen atoms in total. The van der Waals surface area contributed by atoms with Crippen molar-refractivity contribution in [3.8, 4) is 0 Å². The zero-order valence-electron chi connectivity index (χ0n) is 12.2.